The van der Waals surface area contributed by atoms with Crippen LogP contribution in [0.5, 0.6) is 0 Å². The third-order valence-electron chi connectivity index (χ3n) is 4.20. The summed E-state index contributed by atoms with van der Waals surface area (Å²) < 4.78 is 1.53. The first-order valence-corrected chi connectivity index (χ1v) is 8.04. The first-order chi connectivity index (χ1) is 11.7. The van der Waals surface area contributed by atoms with Crippen molar-refractivity contribution < 1.29 is 0 Å². The van der Waals surface area contributed by atoms with Crippen molar-refractivity contribution in [2.45, 2.75) is 13.5 Å². The highest BCUT2D eigenvalue weighted by Gasteiger charge is 2.18. The van der Waals surface area contributed by atoms with Crippen LogP contribution in [0.2, 0.25) is 0 Å². The van der Waals surface area contributed by atoms with E-state index < -0.39 is 0 Å². The van der Waals surface area contributed by atoms with Crippen molar-refractivity contribution >= 4 is 5.82 Å². The summed E-state index contributed by atoms with van der Waals surface area (Å²) in [5.74, 6) is 0.908. The standard InChI is InChI=1S/C17H20N6O/c1-14-2-5-17(24)23(20-14)11-8-21-6-9-22(10-7-21)16-4-3-15(12-18)13-19-16/h2-5,13H,6-11H2,1H3. The van der Waals surface area contributed by atoms with Gasteiger partial charge in [-0.05, 0) is 25.1 Å². The van der Waals surface area contributed by atoms with E-state index in [9.17, 15) is 4.79 Å². The molecule has 0 bridgehead atoms. The van der Waals surface area contributed by atoms with Gasteiger partial charge < -0.3 is 4.90 Å². The molecule has 0 unspecified atom stereocenters. The van der Waals surface area contributed by atoms with Crippen molar-refractivity contribution in [3.63, 3.8) is 0 Å². The monoisotopic (exact) mass is 324 g/mol. The summed E-state index contributed by atoms with van der Waals surface area (Å²) in [5.41, 5.74) is 1.38. The summed E-state index contributed by atoms with van der Waals surface area (Å²) >= 11 is 0. The van der Waals surface area contributed by atoms with Gasteiger partial charge >= 0.3 is 0 Å². The Morgan fingerprint density at radius 3 is 2.58 bits per heavy atom. The van der Waals surface area contributed by atoms with E-state index in [0.29, 0.717) is 12.1 Å². The van der Waals surface area contributed by atoms with Crippen molar-refractivity contribution in [3.8, 4) is 6.07 Å². The predicted molar refractivity (Wildman–Crippen MR) is 90.8 cm³/mol. The summed E-state index contributed by atoms with van der Waals surface area (Å²) in [7, 11) is 0. The number of aromatic nitrogens is 3. The molecule has 0 atom stereocenters. The molecule has 0 aromatic carbocycles. The van der Waals surface area contributed by atoms with E-state index in [1.165, 1.54) is 4.68 Å². The quantitative estimate of drug-likeness (QED) is 0.821. The van der Waals surface area contributed by atoms with Gasteiger partial charge in [-0.25, -0.2) is 9.67 Å². The van der Waals surface area contributed by atoms with E-state index in [4.69, 9.17) is 5.26 Å². The van der Waals surface area contributed by atoms with Gasteiger partial charge in [0, 0.05) is 45.0 Å². The minimum atomic E-state index is -0.0546. The maximum atomic E-state index is 11.8. The molecule has 0 amide bonds. The maximum absolute atomic E-state index is 11.8. The molecule has 2 aromatic heterocycles. The first-order valence-electron chi connectivity index (χ1n) is 8.04. The molecule has 0 N–H and O–H groups in total. The van der Waals surface area contributed by atoms with E-state index >= 15 is 0 Å². The minimum absolute atomic E-state index is 0.0546. The molecule has 124 valence electrons. The number of aryl methyl sites for hydroxylation is 1. The average Bonchev–Trinajstić information content (AvgIpc) is 2.63. The van der Waals surface area contributed by atoms with E-state index in [0.717, 1.165) is 44.2 Å². The molecule has 7 nitrogen and oxygen atoms in total. The fourth-order valence-electron chi connectivity index (χ4n) is 2.79. The average molecular weight is 324 g/mol. The molecule has 3 rings (SSSR count). The van der Waals surface area contributed by atoms with E-state index in [-0.39, 0.29) is 5.56 Å². The van der Waals surface area contributed by atoms with Crippen LogP contribution in [-0.4, -0.2) is 52.4 Å². The van der Waals surface area contributed by atoms with Crippen LogP contribution in [0.3, 0.4) is 0 Å². The number of hydrogen-bond acceptors (Lipinski definition) is 6. The van der Waals surface area contributed by atoms with Crippen LogP contribution < -0.4 is 10.5 Å². The summed E-state index contributed by atoms with van der Waals surface area (Å²) in [5, 5.41) is 13.1. The largest absolute Gasteiger partial charge is 0.354 e. The van der Waals surface area contributed by atoms with Crippen molar-refractivity contribution in [2.24, 2.45) is 0 Å². The SMILES string of the molecule is Cc1ccc(=O)n(CCN2CCN(c3ccc(C#N)cn3)CC2)n1. The lowest BCUT2D eigenvalue weighted by molar-refractivity contribution is 0.242. The van der Waals surface area contributed by atoms with Crippen LogP contribution >= 0.6 is 0 Å². The fraction of sp³-hybridized carbons (Fsp3) is 0.412. The second-order valence-corrected chi connectivity index (χ2v) is 5.88. The van der Waals surface area contributed by atoms with Gasteiger partial charge in [-0.3, -0.25) is 9.69 Å². The number of nitriles is 1. The maximum Gasteiger partial charge on any atom is 0.266 e. The van der Waals surface area contributed by atoms with Crippen molar-refractivity contribution in [2.75, 3.05) is 37.6 Å². The highest BCUT2D eigenvalue weighted by Crippen LogP contribution is 2.13. The van der Waals surface area contributed by atoms with Gasteiger partial charge in [-0.15, -0.1) is 0 Å². The lowest BCUT2D eigenvalue weighted by atomic mass is 10.2. The fourth-order valence-corrected chi connectivity index (χ4v) is 2.79. The molecule has 0 saturated carbocycles. The van der Waals surface area contributed by atoms with Crippen molar-refractivity contribution in [1.29, 1.82) is 5.26 Å². The van der Waals surface area contributed by atoms with E-state index in [2.05, 4.69) is 26.0 Å². The van der Waals surface area contributed by atoms with Crippen LogP contribution in [0.15, 0.2) is 35.3 Å². The molecule has 0 radical (unpaired) electrons. The molecule has 1 fully saturated rings. The third kappa shape index (κ3) is 3.78. The molecule has 0 aliphatic carbocycles. The molecule has 1 aliphatic heterocycles. The first kappa shape index (κ1) is 16.1. The number of pyridine rings is 1. The van der Waals surface area contributed by atoms with Crippen LogP contribution in [0.4, 0.5) is 5.82 Å². The lowest BCUT2D eigenvalue weighted by Gasteiger charge is -2.35. The molecule has 24 heavy (non-hydrogen) atoms. The van der Waals surface area contributed by atoms with Gasteiger partial charge in [-0.2, -0.15) is 10.4 Å². The minimum Gasteiger partial charge on any atom is -0.354 e. The number of anilines is 1. The molecule has 2 aromatic rings. The summed E-state index contributed by atoms with van der Waals surface area (Å²) in [4.78, 5) is 20.7. The van der Waals surface area contributed by atoms with Crippen LogP contribution in [-0.2, 0) is 6.54 Å². The lowest BCUT2D eigenvalue weighted by Crippen LogP contribution is -2.48. The Morgan fingerprint density at radius 2 is 1.92 bits per heavy atom. The second kappa shape index (κ2) is 7.23. The normalized spacial score (nSPS) is 15.2. The van der Waals surface area contributed by atoms with Gasteiger partial charge in [0.1, 0.15) is 11.9 Å². The Bertz CT molecular complexity index is 784. The molecule has 3 heterocycles. The van der Waals surface area contributed by atoms with Gasteiger partial charge in [-0.1, -0.05) is 0 Å². The molecule has 0 spiro atoms. The summed E-state index contributed by atoms with van der Waals surface area (Å²) in [6.45, 7) is 6.91. The Balaban J connectivity index is 1.52. The smallest absolute Gasteiger partial charge is 0.266 e. The highest BCUT2D eigenvalue weighted by atomic mass is 16.1. The van der Waals surface area contributed by atoms with Crippen LogP contribution in [0, 0.1) is 18.3 Å². The molecular formula is C17H20N6O. The van der Waals surface area contributed by atoms with Gasteiger partial charge in [0.25, 0.3) is 5.56 Å². The van der Waals surface area contributed by atoms with Crippen LogP contribution in [0.1, 0.15) is 11.3 Å². The molecule has 7 heteroatoms. The van der Waals surface area contributed by atoms with Gasteiger partial charge in [0.15, 0.2) is 0 Å². The Hall–Kier alpha value is -2.72. The van der Waals surface area contributed by atoms with Gasteiger partial charge in [0.05, 0.1) is 17.8 Å². The highest BCUT2D eigenvalue weighted by molar-refractivity contribution is 5.42. The van der Waals surface area contributed by atoms with Crippen LogP contribution in [0.25, 0.3) is 0 Å². The zero-order valence-electron chi connectivity index (χ0n) is 13.7. The van der Waals surface area contributed by atoms with E-state index in [1.807, 2.05) is 13.0 Å². The molecule has 1 aliphatic rings. The summed E-state index contributed by atoms with van der Waals surface area (Å²) in [6.07, 6.45) is 1.61. The zero-order valence-corrected chi connectivity index (χ0v) is 13.7. The Kier molecular flexibility index (Phi) is 4.87. The third-order valence-corrected chi connectivity index (χ3v) is 4.20. The number of nitrogens with zero attached hydrogens (tertiary/aromatic N) is 6. The second-order valence-electron chi connectivity index (χ2n) is 5.88. The topological polar surface area (TPSA) is 78.0 Å². The number of rotatable bonds is 4. The molecule has 1 saturated heterocycles. The zero-order chi connectivity index (χ0) is 16.9. The van der Waals surface area contributed by atoms with Gasteiger partial charge in [0.2, 0.25) is 0 Å². The van der Waals surface area contributed by atoms with E-state index in [1.54, 1.807) is 24.4 Å². The number of piperazine rings is 1. The summed E-state index contributed by atoms with van der Waals surface area (Å²) in [6, 6.07) is 9.08. The number of hydrogen-bond donors (Lipinski definition) is 0. The predicted octanol–water partition coefficient (Wildman–Crippen LogP) is 0.641. The Labute approximate surface area is 140 Å². The Morgan fingerprint density at radius 1 is 1.12 bits per heavy atom. The van der Waals surface area contributed by atoms with Crippen molar-refractivity contribution in [3.05, 3.63) is 52.1 Å². The van der Waals surface area contributed by atoms with Crippen molar-refractivity contribution in [1.82, 2.24) is 19.7 Å². The molecular weight excluding hydrogens is 304 g/mol.